The van der Waals surface area contributed by atoms with Crippen LogP contribution in [0.15, 0.2) is 43.0 Å². The van der Waals surface area contributed by atoms with Crippen LogP contribution in [0.5, 0.6) is 0 Å². The number of anilines is 2. The minimum absolute atomic E-state index is 0.00460. The van der Waals surface area contributed by atoms with Crippen LogP contribution in [-0.4, -0.2) is 91.3 Å². The number of likely N-dealkylation sites (tertiary alicyclic amines) is 1. The molecule has 2 aromatic heterocycles. The molecule has 244 valence electrons. The number of fused-ring (bicyclic) bond motifs is 1. The molecule has 47 heavy (non-hydrogen) atoms. The third kappa shape index (κ3) is 6.04. The molecule has 1 unspecified atom stereocenters. The van der Waals surface area contributed by atoms with Crippen LogP contribution in [0.4, 0.5) is 11.5 Å². The van der Waals surface area contributed by atoms with Gasteiger partial charge in [-0.3, -0.25) is 43.9 Å². The van der Waals surface area contributed by atoms with E-state index in [1.165, 1.54) is 6.20 Å². The number of amides is 5. The third-order valence-electron chi connectivity index (χ3n) is 9.52. The molecule has 2 N–H and O–H groups in total. The SMILES string of the molecule is O=C1CCC(N2C(=O)c3cccc(NCc4cnn(C5CCN(C(=O)C6CCN(c7cncc(Cl)n7)CC6)CC5)c4)c3C2=O)C(=O)N1. The second-order valence-corrected chi connectivity index (χ2v) is 12.8. The number of halogens is 1. The van der Waals surface area contributed by atoms with Gasteiger partial charge in [-0.05, 0) is 44.2 Å². The van der Waals surface area contributed by atoms with Gasteiger partial charge in [0.2, 0.25) is 17.7 Å². The van der Waals surface area contributed by atoms with E-state index in [4.69, 9.17) is 11.6 Å². The van der Waals surface area contributed by atoms with Crippen molar-refractivity contribution in [1.82, 2.24) is 34.9 Å². The lowest BCUT2D eigenvalue weighted by atomic mass is 9.94. The smallest absolute Gasteiger partial charge is 0.264 e. The Balaban J connectivity index is 0.918. The number of nitrogens with one attached hydrogen (secondary N) is 2. The molecule has 0 spiro atoms. The summed E-state index contributed by atoms with van der Waals surface area (Å²) in [6, 6.07) is 4.14. The molecule has 4 aliphatic heterocycles. The number of benzene rings is 1. The quantitative estimate of drug-likeness (QED) is 0.360. The topological polar surface area (TPSA) is 163 Å². The zero-order valence-corrected chi connectivity index (χ0v) is 26.4. The second kappa shape index (κ2) is 12.7. The highest BCUT2D eigenvalue weighted by Crippen LogP contribution is 2.33. The van der Waals surface area contributed by atoms with Gasteiger partial charge in [-0.25, -0.2) is 4.98 Å². The van der Waals surface area contributed by atoms with E-state index >= 15 is 0 Å². The average molecular weight is 660 g/mol. The van der Waals surface area contributed by atoms with Crippen LogP contribution in [0.1, 0.15) is 70.8 Å². The first-order valence-corrected chi connectivity index (χ1v) is 16.3. The van der Waals surface area contributed by atoms with E-state index in [2.05, 4.69) is 30.6 Å². The number of hydrogen-bond acceptors (Lipinski definition) is 10. The number of carbonyl (C=O) groups excluding carboxylic acids is 5. The van der Waals surface area contributed by atoms with Crippen LogP contribution in [0.2, 0.25) is 5.15 Å². The van der Waals surface area contributed by atoms with Crippen LogP contribution in [0, 0.1) is 5.92 Å². The number of rotatable bonds is 7. The molecule has 3 fully saturated rings. The number of piperidine rings is 3. The molecule has 0 aliphatic carbocycles. The highest BCUT2D eigenvalue weighted by molar-refractivity contribution is 6.29. The van der Waals surface area contributed by atoms with Gasteiger partial charge >= 0.3 is 0 Å². The van der Waals surface area contributed by atoms with Crippen molar-refractivity contribution in [3.05, 3.63) is 64.8 Å². The molecule has 1 aromatic carbocycles. The number of nitrogens with zero attached hydrogens (tertiary/aromatic N) is 7. The van der Waals surface area contributed by atoms with Crippen LogP contribution >= 0.6 is 11.6 Å². The first-order valence-electron chi connectivity index (χ1n) is 15.9. The van der Waals surface area contributed by atoms with Crippen molar-refractivity contribution in [2.24, 2.45) is 5.92 Å². The minimum atomic E-state index is -1.02. The van der Waals surface area contributed by atoms with E-state index in [0.29, 0.717) is 30.5 Å². The Hall–Kier alpha value is -4.85. The van der Waals surface area contributed by atoms with Gasteiger partial charge in [-0.2, -0.15) is 5.10 Å². The molecule has 1 atom stereocenters. The fourth-order valence-corrected chi connectivity index (χ4v) is 7.12. The van der Waals surface area contributed by atoms with Crippen molar-refractivity contribution in [3.8, 4) is 0 Å². The summed E-state index contributed by atoms with van der Waals surface area (Å²) in [6.07, 6.45) is 10.3. The van der Waals surface area contributed by atoms with E-state index in [0.717, 1.165) is 55.1 Å². The summed E-state index contributed by atoms with van der Waals surface area (Å²) in [7, 11) is 0. The van der Waals surface area contributed by atoms with E-state index in [1.807, 2.05) is 15.8 Å². The predicted molar refractivity (Wildman–Crippen MR) is 169 cm³/mol. The lowest BCUT2D eigenvalue weighted by molar-refractivity contribution is -0.138. The summed E-state index contributed by atoms with van der Waals surface area (Å²) in [6.45, 7) is 3.19. The summed E-state index contributed by atoms with van der Waals surface area (Å²) in [5, 5.41) is 10.4. The normalized spacial score (nSPS) is 20.9. The molecule has 14 nitrogen and oxygen atoms in total. The molecule has 3 aromatic rings. The molecule has 4 aliphatic rings. The van der Waals surface area contributed by atoms with Gasteiger partial charge in [0.05, 0.1) is 35.8 Å². The summed E-state index contributed by atoms with van der Waals surface area (Å²) in [5.41, 5.74) is 1.83. The fourth-order valence-electron chi connectivity index (χ4n) is 6.98. The zero-order chi connectivity index (χ0) is 32.7. The van der Waals surface area contributed by atoms with Crippen molar-refractivity contribution >= 4 is 52.6 Å². The molecule has 0 bridgehead atoms. The third-order valence-corrected chi connectivity index (χ3v) is 9.70. The van der Waals surface area contributed by atoms with Crippen molar-refractivity contribution in [2.75, 3.05) is 36.4 Å². The Morgan fingerprint density at radius 3 is 2.49 bits per heavy atom. The molecule has 0 radical (unpaired) electrons. The molecular weight excluding hydrogens is 626 g/mol. The largest absolute Gasteiger partial charge is 0.380 e. The summed E-state index contributed by atoms with van der Waals surface area (Å²) in [5.74, 6) is -1.20. The summed E-state index contributed by atoms with van der Waals surface area (Å²) < 4.78 is 1.94. The van der Waals surface area contributed by atoms with Crippen LogP contribution in [0.3, 0.4) is 0 Å². The Kier molecular flexibility index (Phi) is 8.35. The van der Waals surface area contributed by atoms with E-state index in [-0.39, 0.29) is 41.8 Å². The minimum Gasteiger partial charge on any atom is -0.380 e. The van der Waals surface area contributed by atoms with Gasteiger partial charge < -0.3 is 15.1 Å². The lowest BCUT2D eigenvalue weighted by Crippen LogP contribution is -2.54. The van der Waals surface area contributed by atoms with Crippen LogP contribution < -0.4 is 15.5 Å². The Morgan fingerprint density at radius 2 is 1.74 bits per heavy atom. The molecule has 6 heterocycles. The van der Waals surface area contributed by atoms with Gasteiger partial charge in [0.15, 0.2) is 0 Å². The Morgan fingerprint density at radius 1 is 0.957 bits per heavy atom. The molecule has 5 amide bonds. The van der Waals surface area contributed by atoms with Gasteiger partial charge in [0.1, 0.15) is 17.0 Å². The number of hydrogen-bond donors (Lipinski definition) is 2. The lowest BCUT2D eigenvalue weighted by Gasteiger charge is -2.37. The van der Waals surface area contributed by atoms with Crippen LogP contribution in [0.25, 0.3) is 0 Å². The van der Waals surface area contributed by atoms with Crippen molar-refractivity contribution < 1.29 is 24.0 Å². The van der Waals surface area contributed by atoms with E-state index < -0.39 is 29.7 Å². The highest BCUT2D eigenvalue weighted by atomic mass is 35.5. The molecule has 3 saturated heterocycles. The standard InChI is InChI=1S/C32H34ClN9O5/c33-25-16-34-17-26(37-25)39-10-6-20(7-11-39)30(45)40-12-8-21(9-13-40)41-18-19(15-36-41)14-35-23-3-1-2-22-28(23)32(47)42(31(22)46)24-4-5-27(43)38-29(24)44/h1-3,15-18,20-21,24,35H,4-14H2,(H,38,43,44). The number of imide groups is 2. The molecule has 0 saturated carbocycles. The van der Waals surface area contributed by atoms with E-state index in [1.54, 1.807) is 30.6 Å². The first kappa shape index (κ1) is 30.8. The fraction of sp³-hybridized carbons (Fsp3) is 0.438. The predicted octanol–water partition coefficient (Wildman–Crippen LogP) is 2.42. The molecule has 7 rings (SSSR count). The van der Waals surface area contributed by atoms with Crippen molar-refractivity contribution in [1.29, 1.82) is 0 Å². The van der Waals surface area contributed by atoms with Crippen molar-refractivity contribution in [2.45, 2.75) is 57.2 Å². The second-order valence-electron chi connectivity index (χ2n) is 12.4. The van der Waals surface area contributed by atoms with Gasteiger partial charge in [-0.15, -0.1) is 0 Å². The van der Waals surface area contributed by atoms with Gasteiger partial charge in [0, 0.05) is 62.5 Å². The summed E-state index contributed by atoms with van der Waals surface area (Å²) >= 11 is 5.99. The number of carbonyl (C=O) groups is 5. The monoisotopic (exact) mass is 659 g/mol. The van der Waals surface area contributed by atoms with Crippen molar-refractivity contribution in [3.63, 3.8) is 0 Å². The van der Waals surface area contributed by atoms with Gasteiger partial charge in [0.25, 0.3) is 11.8 Å². The highest BCUT2D eigenvalue weighted by Gasteiger charge is 2.45. The van der Waals surface area contributed by atoms with Gasteiger partial charge in [-0.1, -0.05) is 17.7 Å². The van der Waals surface area contributed by atoms with Crippen LogP contribution in [-0.2, 0) is 20.9 Å². The Bertz CT molecular complexity index is 1750. The maximum Gasteiger partial charge on any atom is 0.264 e. The first-order chi connectivity index (χ1) is 22.8. The molecular formula is C32H34ClN9O5. The zero-order valence-electron chi connectivity index (χ0n) is 25.6. The Labute approximate surface area is 275 Å². The molecule has 15 heteroatoms. The maximum atomic E-state index is 13.4. The summed E-state index contributed by atoms with van der Waals surface area (Å²) in [4.78, 5) is 77.4. The van der Waals surface area contributed by atoms with E-state index in [9.17, 15) is 24.0 Å². The number of aromatic nitrogens is 4. The maximum absolute atomic E-state index is 13.4. The average Bonchev–Trinajstić information content (AvgIpc) is 3.66.